The highest BCUT2D eigenvalue weighted by molar-refractivity contribution is 5.94. The van der Waals surface area contributed by atoms with Gasteiger partial charge in [0.15, 0.2) is 0 Å². The highest BCUT2D eigenvalue weighted by Crippen LogP contribution is 2.11. The molecule has 3 nitrogen and oxygen atoms in total. The third kappa shape index (κ3) is 3.96. The molecule has 1 aromatic carbocycles. The van der Waals surface area contributed by atoms with Gasteiger partial charge in [-0.25, -0.2) is 4.39 Å². The standard InChI is InChI=1S/C13H17FN2O.ClH/c14-12-4-2-1-3-11(12)13(17)16-9-10-5-7-15-8-6-10;/h1-4,10,15H,5-9H2,(H,16,17);1H. The van der Waals surface area contributed by atoms with Crippen LogP contribution in [0.5, 0.6) is 0 Å². The molecule has 1 saturated heterocycles. The topological polar surface area (TPSA) is 41.1 Å². The lowest BCUT2D eigenvalue weighted by atomic mass is 9.98. The fourth-order valence-corrected chi connectivity index (χ4v) is 2.06. The lowest BCUT2D eigenvalue weighted by molar-refractivity contribution is 0.0940. The molecule has 0 aliphatic carbocycles. The van der Waals surface area contributed by atoms with Gasteiger partial charge in [0.05, 0.1) is 5.56 Å². The van der Waals surface area contributed by atoms with Crippen molar-refractivity contribution in [1.82, 2.24) is 10.6 Å². The van der Waals surface area contributed by atoms with Crippen LogP contribution in [0.2, 0.25) is 0 Å². The zero-order valence-electron chi connectivity index (χ0n) is 10.1. The van der Waals surface area contributed by atoms with Crippen molar-refractivity contribution >= 4 is 18.3 Å². The van der Waals surface area contributed by atoms with E-state index in [1.807, 2.05) is 0 Å². The fourth-order valence-electron chi connectivity index (χ4n) is 2.06. The van der Waals surface area contributed by atoms with E-state index in [1.54, 1.807) is 12.1 Å². The van der Waals surface area contributed by atoms with Crippen LogP contribution in [0.25, 0.3) is 0 Å². The van der Waals surface area contributed by atoms with E-state index in [0.29, 0.717) is 12.5 Å². The number of amides is 1. The molecule has 0 saturated carbocycles. The summed E-state index contributed by atoms with van der Waals surface area (Å²) in [5.74, 6) is -0.274. The number of hydrogen-bond acceptors (Lipinski definition) is 2. The Labute approximate surface area is 113 Å². The third-order valence-electron chi connectivity index (χ3n) is 3.13. The number of carbonyl (C=O) groups is 1. The summed E-state index contributed by atoms with van der Waals surface area (Å²) >= 11 is 0. The van der Waals surface area contributed by atoms with E-state index in [2.05, 4.69) is 10.6 Å². The van der Waals surface area contributed by atoms with Gasteiger partial charge in [0, 0.05) is 6.54 Å². The average Bonchev–Trinajstić information content (AvgIpc) is 2.38. The predicted octanol–water partition coefficient (Wildman–Crippen LogP) is 1.98. The number of piperidine rings is 1. The summed E-state index contributed by atoms with van der Waals surface area (Å²) in [7, 11) is 0. The molecule has 5 heteroatoms. The molecule has 0 spiro atoms. The molecular weight excluding hydrogens is 255 g/mol. The summed E-state index contributed by atoms with van der Waals surface area (Å²) in [6, 6.07) is 6.06. The van der Waals surface area contributed by atoms with E-state index in [1.165, 1.54) is 12.1 Å². The van der Waals surface area contributed by atoms with E-state index in [0.717, 1.165) is 25.9 Å². The van der Waals surface area contributed by atoms with Crippen LogP contribution in [0.4, 0.5) is 4.39 Å². The molecule has 100 valence electrons. The Kier molecular flexibility index (Phi) is 6.09. The molecule has 1 heterocycles. The first kappa shape index (κ1) is 14.9. The van der Waals surface area contributed by atoms with Crippen molar-refractivity contribution in [3.05, 3.63) is 35.6 Å². The quantitative estimate of drug-likeness (QED) is 0.883. The zero-order chi connectivity index (χ0) is 12.1. The minimum Gasteiger partial charge on any atom is -0.352 e. The summed E-state index contributed by atoms with van der Waals surface area (Å²) in [6.45, 7) is 2.63. The minimum atomic E-state index is -0.463. The van der Waals surface area contributed by atoms with Crippen LogP contribution in [0.3, 0.4) is 0 Å². The summed E-state index contributed by atoms with van der Waals surface area (Å²) in [5, 5.41) is 6.07. The lowest BCUT2D eigenvalue weighted by Crippen LogP contribution is -2.36. The molecule has 2 N–H and O–H groups in total. The van der Waals surface area contributed by atoms with Crippen LogP contribution < -0.4 is 10.6 Å². The van der Waals surface area contributed by atoms with Gasteiger partial charge in [-0.3, -0.25) is 4.79 Å². The van der Waals surface area contributed by atoms with Crippen LogP contribution in [-0.4, -0.2) is 25.5 Å². The molecule has 1 aromatic rings. The van der Waals surface area contributed by atoms with Crippen LogP contribution in [0.15, 0.2) is 24.3 Å². The van der Waals surface area contributed by atoms with E-state index >= 15 is 0 Å². The van der Waals surface area contributed by atoms with Gasteiger partial charge in [-0.05, 0) is 44.0 Å². The van der Waals surface area contributed by atoms with E-state index in [9.17, 15) is 9.18 Å². The normalized spacial score (nSPS) is 15.8. The van der Waals surface area contributed by atoms with Gasteiger partial charge in [0.1, 0.15) is 5.82 Å². The Morgan fingerprint density at radius 3 is 2.67 bits per heavy atom. The summed E-state index contributed by atoms with van der Waals surface area (Å²) in [4.78, 5) is 11.7. The molecule has 0 unspecified atom stereocenters. The molecule has 0 atom stereocenters. The number of nitrogens with one attached hydrogen (secondary N) is 2. The molecule has 1 aliphatic heterocycles. The average molecular weight is 273 g/mol. The largest absolute Gasteiger partial charge is 0.352 e. The second-order valence-electron chi connectivity index (χ2n) is 4.38. The van der Waals surface area contributed by atoms with Crippen LogP contribution in [0, 0.1) is 11.7 Å². The zero-order valence-corrected chi connectivity index (χ0v) is 10.9. The van der Waals surface area contributed by atoms with Gasteiger partial charge in [0.2, 0.25) is 0 Å². The third-order valence-corrected chi connectivity index (χ3v) is 3.13. The molecule has 1 amide bonds. The number of halogens is 2. The van der Waals surface area contributed by atoms with Crippen LogP contribution in [-0.2, 0) is 0 Å². The van der Waals surface area contributed by atoms with Crippen molar-refractivity contribution < 1.29 is 9.18 Å². The van der Waals surface area contributed by atoms with Gasteiger partial charge >= 0.3 is 0 Å². The Balaban J connectivity index is 0.00000162. The summed E-state index contributed by atoms with van der Waals surface area (Å²) < 4.78 is 13.3. The highest BCUT2D eigenvalue weighted by atomic mass is 35.5. The Bertz CT molecular complexity index is 394. The van der Waals surface area contributed by atoms with Crippen LogP contribution >= 0.6 is 12.4 Å². The smallest absolute Gasteiger partial charge is 0.254 e. The SMILES string of the molecule is Cl.O=C(NCC1CCNCC1)c1ccccc1F. The first-order chi connectivity index (χ1) is 8.27. The summed E-state index contributed by atoms with van der Waals surface area (Å²) in [6.07, 6.45) is 2.13. The molecule has 2 rings (SSSR count). The van der Waals surface area contributed by atoms with Crippen molar-refractivity contribution in [1.29, 1.82) is 0 Å². The number of benzene rings is 1. The second-order valence-corrected chi connectivity index (χ2v) is 4.38. The van der Waals surface area contributed by atoms with Crippen molar-refractivity contribution in [2.45, 2.75) is 12.8 Å². The maximum absolute atomic E-state index is 13.3. The molecule has 18 heavy (non-hydrogen) atoms. The second kappa shape index (κ2) is 7.34. The maximum Gasteiger partial charge on any atom is 0.254 e. The Hall–Kier alpha value is -1.13. The van der Waals surface area contributed by atoms with E-state index < -0.39 is 5.82 Å². The Morgan fingerprint density at radius 1 is 1.33 bits per heavy atom. The fraction of sp³-hybridized carbons (Fsp3) is 0.462. The van der Waals surface area contributed by atoms with Gasteiger partial charge < -0.3 is 10.6 Å². The molecular formula is C13H18ClFN2O. The predicted molar refractivity (Wildman–Crippen MR) is 71.6 cm³/mol. The molecule has 1 fully saturated rings. The molecule has 0 radical (unpaired) electrons. The van der Waals surface area contributed by atoms with Gasteiger partial charge in [-0.2, -0.15) is 0 Å². The van der Waals surface area contributed by atoms with Gasteiger partial charge in [-0.1, -0.05) is 12.1 Å². The maximum atomic E-state index is 13.3. The molecule has 0 aromatic heterocycles. The minimum absolute atomic E-state index is 0. The summed E-state index contributed by atoms with van der Waals surface area (Å²) in [5.41, 5.74) is 0.126. The van der Waals surface area contributed by atoms with E-state index in [-0.39, 0.29) is 23.9 Å². The van der Waals surface area contributed by atoms with Crippen molar-refractivity contribution in [3.8, 4) is 0 Å². The molecule has 0 bridgehead atoms. The van der Waals surface area contributed by atoms with E-state index in [4.69, 9.17) is 0 Å². The van der Waals surface area contributed by atoms with Crippen molar-refractivity contribution in [3.63, 3.8) is 0 Å². The molecule has 1 aliphatic rings. The van der Waals surface area contributed by atoms with Gasteiger partial charge in [0.25, 0.3) is 5.91 Å². The monoisotopic (exact) mass is 272 g/mol. The van der Waals surface area contributed by atoms with Crippen molar-refractivity contribution in [2.24, 2.45) is 5.92 Å². The lowest BCUT2D eigenvalue weighted by Gasteiger charge is -2.22. The Morgan fingerprint density at radius 2 is 2.00 bits per heavy atom. The van der Waals surface area contributed by atoms with Gasteiger partial charge in [-0.15, -0.1) is 12.4 Å². The highest BCUT2D eigenvalue weighted by Gasteiger charge is 2.15. The van der Waals surface area contributed by atoms with Crippen molar-refractivity contribution in [2.75, 3.05) is 19.6 Å². The number of hydrogen-bond donors (Lipinski definition) is 2. The number of carbonyl (C=O) groups excluding carboxylic acids is 1. The van der Waals surface area contributed by atoms with Crippen LogP contribution in [0.1, 0.15) is 23.2 Å². The first-order valence-corrected chi connectivity index (χ1v) is 6.01. The number of rotatable bonds is 3. The first-order valence-electron chi connectivity index (χ1n) is 6.01.